The molecule has 0 atom stereocenters. The molecule has 2 rings (SSSR count). The van der Waals surface area contributed by atoms with Crippen LogP contribution in [0.15, 0.2) is 35.7 Å². The van der Waals surface area contributed by atoms with E-state index in [4.69, 9.17) is 17.3 Å². The highest BCUT2D eigenvalue weighted by molar-refractivity contribution is 7.09. The topological polar surface area (TPSA) is 29.3 Å². The molecular formula is C13H15ClN2S. The van der Waals surface area contributed by atoms with Crippen molar-refractivity contribution in [2.24, 2.45) is 5.73 Å². The van der Waals surface area contributed by atoms with Crippen LogP contribution in [-0.4, -0.2) is 7.05 Å². The van der Waals surface area contributed by atoms with Crippen LogP contribution in [0.3, 0.4) is 0 Å². The molecule has 0 radical (unpaired) electrons. The summed E-state index contributed by atoms with van der Waals surface area (Å²) < 4.78 is 0. The number of nitrogens with zero attached hydrogens (tertiary/aromatic N) is 1. The summed E-state index contributed by atoms with van der Waals surface area (Å²) in [4.78, 5) is 3.46. The lowest BCUT2D eigenvalue weighted by Crippen LogP contribution is -2.18. The minimum atomic E-state index is 0.505. The SMILES string of the molecule is CN(Cc1cccs1)c1c(Cl)cccc1CN. The Balaban J connectivity index is 2.26. The third-order valence-electron chi connectivity index (χ3n) is 2.65. The monoisotopic (exact) mass is 266 g/mol. The Morgan fingerprint density at radius 1 is 1.29 bits per heavy atom. The molecule has 0 spiro atoms. The van der Waals surface area contributed by atoms with Crippen LogP contribution in [0.25, 0.3) is 0 Å². The summed E-state index contributed by atoms with van der Waals surface area (Å²) in [5.41, 5.74) is 7.86. The van der Waals surface area contributed by atoms with Crippen LogP contribution in [0.5, 0.6) is 0 Å². The van der Waals surface area contributed by atoms with Gasteiger partial charge < -0.3 is 10.6 Å². The summed E-state index contributed by atoms with van der Waals surface area (Å²) in [5, 5.41) is 2.84. The minimum Gasteiger partial charge on any atom is -0.368 e. The van der Waals surface area contributed by atoms with E-state index in [2.05, 4.69) is 22.4 Å². The van der Waals surface area contributed by atoms with Crippen molar-refractivity contribution in [3.8, 4) is 0 Å². The molecule has 0 fully saturated rings. The number of hydrogen-bond donors (Lipinski definition) is 1. The van der Waals surface area contributed by atoms with E-state index in [1.165, 1.54) is 4.88 Å². The summed E-state index contributed by atoms with van der Waals surface area (Å²) in [7, 11) is 2.04. The van der Waals surface area contributed by atoms with Gasteiger partial charge in [0.15, 0.2) is 0 Å². The van der Waals surface area contributed by atoms with Crippen LogP contribution < -0.4 is 10.6 Å². The zero-order chi connectivity index (χ0) is 12.3. The van der Waals surface area contributed by atoms with Gasteiger partial charge in [0.2, 0.25) is 0 Å². The van der Waals surface area contributed by atoms with E-state index in [1.54, 1.807) is 11.3 Å². The molecule has 2 N–H and O–H groups in total. The van der Waals surface area contributed by atoms with Crippen molar-refractivity contribution in [2.75, 3.05) is 11.9 Å². The minimum absolute atomic E-state index is 0.505. The molecule has 0 aliphatic rings. The first-order valence-electron chi connectivity index (χ1n) is 5.43. The van der Waals surface area contributed by atoms with Crippen molar-refractivity contribution in [3.63, 3.8) is 0 Å². The maximum absolute atomic E-state index is 6.25. The molecule has 2 nitrogen and oxygen atoms in total. The number of halogens is 1. The molecule has 0 aliphatic carbocycles. The Morgan fingerprint density at radius 3 is 2.76 bits per heavy atom. The lowest BCUT2D eigenvalue weighted by Gasteiger charge is -2.22. The smallest absolute Gasteiger partial charge is 0.0642 e. The Kier molecular flexibility index (Phi) is 4.05. The number of rotatable bonds is 4. The summed E-state index contributed by atoms with van der Waals surface area (Å²) >= 11 is 8.00. The van der Waals surface area contributed by atoms with Crippen molar-refractivity contribution < 1.29 is 0 Å². The van der Waals surface area contributed by atoms with Crippen LogP contribution in [0.4, 0.5) is 5.69 Å². The first-order valence-corrected chi connectivity index (χ1v) is 6.69. The number of benzene rings is 1. The van der Waals surface area contributed by atoms with Gasteiger partial charge in [0, 0.05) is 18.5 Å². The first-order chi connectivity index (χ1) is 8.22. The Labute approximate surface area is 111 Å². The second-order valence-corrected chi connectivity index (χ2v) is 5.33. The molecule has 0 unspecified atom stereocenters. The number of nitrogens with two attached hydrogens (primary N) is 1. The van der Waals surface area contributed by atoms with Crippen LogP contribution in [-0.2, 0) is 13.1 Å². The van der Waals surface area contributed by atoms with Crippen LogP contribution in [0, 0.1) is 0 Å². The maximum Gasteiger partial charge on any atom is 0.0642 e. The van der Waals surface area contributed by atoms with E-state index in [9.17, 15) is 0 Å². The molecule has 0 saturated heterocycles. The van der Waals surface area contributed by atoms with Gasteiger partial charge in [-0.15, -0.1) is 11.3 Å². The molecule has 0 amide bonds. The van der Waals surface area contributed by atoms with Gasteiger partial charge in [-0.1, -0.05) is 29.8 Å². The van der Waals surface area contributed by atoms with E-state index in [0.717, 1.165) is 22.8 Å². The highest BCUT2D eigenvalue weighted by atomic mass is 35.5. The molecule has 2 aromatic rings. The van der Waals surface area contributed by atoms with E-state index in [0.29, 0.717) is 6.54 Å². The largest absolute Gasteiger partial charge is 0.368 e. The highest BCUT2D eigenvalue weighted by Crippen LogP contribution is 2.30. The molecule has 1 aromatic heterocycles. The molecule has 1 heterocycles. The van der Waals surface area contributed by atoms with Gasteiger partial charge in [0.1, 0.15) is 0 Å². The molecule has 90 valence electrons. The van der Waals surface area contributed by atoms with Gasteiger partial charge in [-0.3, -0.25) is 0 Å². The molecule has 0 saturated carbocycles. The predicted molar refractivity (Wildman–Crippen MR) is 75.8 cm³/mol. The van der Waals surface area contributed by atoms with Crippen molar-refractivity contribution in [3.05, 3.63) is 51.2 Å². The summed E-state index contributed by atoms with van der Waals surface area (Å²) in [6.07, 6.45) is 0. The van der Waals surface area contributed by atoms with E-state index in [-0.39, 0.29) is 0 Å². The molecule has 1 aromatic carbocycles. The average molecular weight is 267 g/mol. The molecule has 17 heavy (non-hydrogen) atoms. The first kappa shape index (κ1) is 12.4. The Morgan fingerprint density at radius 2 is 2.12 bits per heavy atom. The standard InChI is InChI=1S/C13H15ClN2S/c1-16(9-11-5-3-7-17-11)13-10(8-15)4-2-6-12(13)14/h2-7H,8-9,15H2,1H3. The molecule has 4 heteroatoms. The maximum atomic E-state index is 6.25. The molecular weight excluding hydrogens is 252 g/mol. The number of para-hydroxylation sites is 1. The number of hydrogen-bond acceptors (Lipinski definition) is 3. The highest BCUT2D eigenvalue weighted by Gasteiger charge is 2.11. The second-order valence-electron chi connectivity index (χ2n) is 3.89. The molecule has 0 aliphatic heterocycles. The number of anilines is 1. The molecule has 0 bridgehead atoms. The van der Waals surface area contributed by atoms with Gasteiger partial charge >= 0.3 is 0 Å². The van der Waals surface area contributed by atoms with Crippen molar-refractivity contribution in [2.45, 2.75) is 13.1 Å². The summed E-state index contributed by atoms with van der Waals surface area (Å²) in [6.45, 7) is 1.36. The zero-order valence-electron chi connectivity index (χ0n) is 9.69. The Hall–Kier alpha value is -1.03. The lowest BCUT2D eigenvalue weighted by molar-refractivity contribution is 0.918. The normalized spacial score (nSPS) is 10.5. The number of thiophene rings is 1. The fourth-order valence-electron chi connectivity index (χ4n) is 1.87. The van der Waals surface area contributed by atoms with Crippen LogP contribution >= 0.6 is 22.9 Å². The van der Waals surface area contributed by atoms with Gasteiger partial charge in [-0.05, 0) is 23.1 Å². The van der Waals surface area contributed by atoms with Gasteiger partial charge in [-0.25, -0.2) is 0 Å². The van der Waals surface area contributed by atoms with Gasteiger partial charge in [-0.2, -0.15) is 0 Å². The van der Waals surface area contributed by atoms with Crippen molar-refractivity contribution in [1.82, 2.24) is 0 Å². The van der Waals surface area contributed by atoms with Crippen molar-refractivity contribution >= 4 is 28.6 Å². The van der Waals surface area contributed by atoms with Crippen LogP contribution in [0.2, 0.25) is 5.02 Å². The zero-order valence-corrected chi connectivity index (χ0v) is 11.3. The third kappa shape index (κ3) is 2.80. The summed E-state index contributed by atoms with van der Waals surface area (Å²) in [6, 6.07) is 10.0. The van der Waals surface area contributed by atoms with Gasteiger partial charge in [0.25, 0.3) is 0 Å². The van der Waals surface area contributed by atoms with Gasteiger partial charge in [0.05, 0.1) is 17.3 Å². The quantitative estimate of drug-likeness (QED) is 0.918. The van der Waals surface area contributed by atoms with E-state index >= 15 is 0 Å². The third-order valence-corrected chi connectivity index (χ3v) is 3.81. The van der Waals surface area contributed by atoms with Crippen LogP contribution in [0.1, 0.15) is 10.4 Å². The Bertz CT molecular complexity index is 482. The predicted octanol–water partition coefficient (Wildman–Crippen LogP) is 3.50. The fraction of sp³-hybridized carbons (Fsp3) is 0.231. The second kappa shape index (κ2) is 5.54. The summed E-state index contributed by atoms with van der Waals surface area (Å²) in [5.74, 6) is 0. The lowest BCUT2D eigenvalue weighted by atomic mass is 10.1. The van der Waals surface area contributed by atoms with E-state index in [1.807, 2.05) is 25.2 Å². The van der Waals surface area contributed by atoms with E-state index < -0.39 is 0 Å². The fourth-order valence-corrected chi connectivity index (χ4v) is 2.96. The van der Waals surface area contributed by atoms with Crippen molar-refractivity contribution in [1.29, 1.82) is 0 Å². The average Bonchev–Trinajstić information content (AvgIpc) is 2.81.